The summed E-state index contributed by atoms with van der Waals surface area (Å²) in [4.78, 5) is 19.6. The summed E-state index contributed by atoms with van der Waals surface area (Å²) >= 11 is 0. The van der Waals surface area contributed by atoms with E-state index in [1.54, 1.807) is 24.5 Å². The number of carbonyl (C=O) groups is 1. The smallest absolute Gasteiger partial charge is 0.357 e. The number of nitrogens with zero attached hydrogens (tertiary/aromatic N) is 1. The largest absolute Gasteiger partial charge is 0.370 e. The lowest BCUT2D eigenvalue weighted by Gasteiger charge is -2.06. The van der Waals surface area contributed by atoms with Crippen LogP contribution in [0.15, 0.2) is 48.8 Å². The van der Waals surface area contributed by atoms with E-state index in [0.29, 0.717) is 5.56 Å². The highest BCUT2D eigenvalue weighted by Gasteiger charge is 2.12. The van der Waals surface area contributed by atoms with Crippen LogP contribution >= 0.6 is 0 Å². The zero-order chi connectivity index (χ0) is 11.4. The minimum atomic E-state index is -0.549. The van der Waals surface area contributed by atoms with Crippen molar-refractivity contribution in [1.29, 1.82) is 0 Å². The Morgan fingerprint density at radius 3 is 2.50 bits per heavy atom. The Balaban J connectivity index is 2.53. The quantitative estimate of drug-likeness (QED) is 0.774. The molecule has 2 rings (SSSR count). The molecule has 0 atom stereocenters. The van der Waals surface area contributed by atoms with Crippen molar-refractivity contribution >= 4 is 5.97 Å². The lowest BCUT2D eigenvalue weighted by molar-refractivity contribution is 0.0504. The fraction of sp³-hybridized carbons (Fsp3) is 0. The summed E-state index contributed by atoms with van der Waals surface area (Å²) in [6.07, 6.45) is 3.33. The fourth-order valence-electron chi connectivity index (χ4n) is 1.51. The number of nitrogens with two attached hydrogens (primary N) is 1. The third-order valence-electron chi connectivity index (χ3n) is 2.25. The summed E-state index contributed by atoms with van der Waals surface area (Å²) in [7, 11) is 0. The predicted octanol–water partition coefficient (Wildman–Crippen LogP) is 1.78. The first-order valence-electron chi connectivity index (χ1n) is 4.73. The Labute approximate surface area is 92.6 Å². The van der Waals surface area contributed by atoms with Crippen LogP contribution < -0.4 is 5.90 Å². The van der Waals surface area contributed by atoms with Crippen molar-refractivity contribution < 1.29 is 9.63 Å². The molecule has 1 aromatic heterocycles. The third kappa shape index (κ3) is 1.92. The van der Waals surface area contributed by atoms with Crippen molar-refractivity contribution in [3.63, 3.8) is 0 Å². The highest BCUT2D eigenvalue weighted by molar-refractivity contribution is 5.97. The van der Waals surface area contributed by atoms with Gasteiger partial charge in [-0.25, -0.2) is 4.79 Å². The van der Waals surface area contributed by atoms with Gasteiger partial charge in [0.15, 0.2) is 0 Å². The maximum Gasteiger partial charge on any atom is 0.357 e. The van der Waals surface area contributed by atoms with Gasteiger partial charge in [0.2, 0.25) is 0 Å². The van der Waals surface area contributed by atoms with E-state index < -0.39 is 5.97 Å². The monoisotopic (exact) mass is 214 g/mol. The van der Waals surface area contributed by atoms with Gasteiger partial charge in [0.25, 0.3) is 0 Å². The van der Waals surface area contributed by atoms with Crippen LogP contribution in [0.1, 0.15) is 10.4 Å². The number of aromatic nitrogens is 1. The van der Waals surface area contributed by atoms with Crippen molar-refractivity contribution in [2.75, 3.05) is 0 Å². The Morgan fingerprint density at radius 2 is 1.81 bits per heavy atom. The number of rotatable bonds is 2. The molecule has 2 N–H and O–H groups in total. The van der Waals surface area contributed by atoms with Crippen molar-refractivity contribution in [3.05, 3.63) is 54.4 Å². The number of carbonyl (C=O) groups excluding carboxylic acids is 1. The second kappa shape index (κ2) is 4.55. The molecule has 0 unspecified atom stereocenters. The molecule has 4 nitrogen and oxygen atoms in total. The van der Waals surface area contributed by atoms with Gasteiger partial charge in [-0.2, -0.15) is 5.90 Å². The van der Waals surface area contributed by atoms with Gasteiger partial charge in [0.05, 0.1) is 5.56 Å². The first-order valence-corrected chi connectivity index (χ1v) is 4.73. The van der Waals surface area contributed by atoms with Crippen LogP contribution in [0.4, 0.5) is 0 Å². The lowest BCUT2D eigenvalue weighted by Crippen LogP contribution is -2.11. The molecular formula is C12H10N2O2. The van der Waals surface area contributed by atoms with Crippen LogP contribution in [-0.2, 0) is 4.84 Å². The average molecular weight is 214 g/mol. The molecule has 0 bridgehead atoms. The van der Waals surface area contributed by atoms with Gasteiger partial charge in [-0.1, -0.05) is 18.2 Å². The van der Waals surface area contributed by atoms with Crippen LogP contribution in [0.25, 0.3) is 11.1 Å². The fourth-order valence-corrected chi connectivity index (χ4v) is 1.51. The molecule has 0 amide bonds. The van der Waals surface area contributed by atoms with Gasteiger partial charge in [-0.15, -0.1) is 0 Å². The molecule has 0 aliphatic carbocycles. The molecular weight excluding hydrogens is 204 g/mol. The Morgan fingerprint density at radius 1 is 1.12 bits per heavy atom. The molecule has 4 heteroatoms. The van der Waals surface area contributed by atoms with Gasteiger partial charge in [0, 0.05) is 12.4 Å². The maximum absolute atomic E-state index is 11.4. The summed E-state index contributed by atoms with van der Waals surface area (Å²) in [6, 6.07) is 10.8. The van der Waals surface area contributed by atoms with E-state index in [0.717, 1.165) is 11.1 Å². The molecule has 16 heavy (non-hydrogen) atoms. The minimum absolute atomic E-state index is 0.441. The number of hydrogen-bond acceptors (Lipinski definition) is 4. The normalized spacial score (nSPS) is 9.81. The second-order valence-electron chi connectivity index (χ2n) is 3.19. The van der Waals surface area contributed by atoms with Crippen LogP contribution in [-0.4, -0.2) is 11.0 Å². The summed E-state index contributed by atoms with van der Waals surface area (Å²) in [5.41, 5.74) is 2.12. The molecule has 1 aromatic carbocycles. The van der Waals surface area contributed by atoms with Crippen LogP contribution in [0.2, 0.25) is 0 Å². The minimum Gasteiger partial charge on any atom is -0.370 e. The Kier molecular flexibility index (Phi) is 2.93. The molecule has 0 aliphatic heterocycles. The van der Waals surface area contributed by atoms with E-state index in [-0.39, 0.29) is 0 Å². The van der Waals surface area contributed by atoms with E-state index in [1.807, 2.05) is 24.3 Å². The molecule has 0 aliphatic rings. The molecule has 0 radical (unpaired) electrons. The topological polar surface area (TPSA) is 65.2 Å². The van der Waals surface area contributed by atoms with E-state index >= 15 is 0 Å². The Bertz CT molecular complexity index is 497. The summed E-state index contributed by atoms with van der Waals surface area (Å²) < 4.78 is 0. The van der Waals surface area contributed by atoms with Crippen molar-refractivity contribution in [2.45, 2.75) is 0 Å². The summed E-state index contributed by atoms with van der Waals surface area (Å²) in [6.45, 7) is 0. The van der Waals surface area contributed by atoms with E-state index in [9.17, 15) is 4.79 Å². The predicted molar refractivity (Wildman–Crippen MR) is 59.3 cm³/mol. The summed E-state index contributed by atoms with van der Waals surface area (Å²) in [5.74, 6) is 4.34. The van der Waals surface area contributed by atoms with Crippen LogP contribution in [0.3, 0.4) is 0 Å². The molecule has 2 aromatic rings. The first kappa shape index (κ1) is 10.3. The maximum atomic E-state index is 11.4. The molecule has 0 spiro atoms. The van der Waals surface area contributed by atoms with E-state index in [1.165, 1.54) is 0 Å². The van der Waals surface area contributed by atoms with Crippen LogP contribution in [0.5, 0.6) is 0 Å². The van der Waals surface area contributed by atoms with Crippen molar-refractivity contribution in [3.8, 4) is 11.1 Å². The third-order valence-corrected chi connectivity index (χ3v) is 2.25. The highest BCUT2D eigenvalue weighted by Crippen LogP contribution is 2.23. The second-order valence-corrected chi connectivity index (χ2v) is 3.19. The molecule has 0 saturated carbocycles. The van der Waals surface area contributed by atoms with Crippen molar-refractivity contribution in [2.24, 2.45) is 5.90 Å². The van der Waals surface area contributed by atoms with Crippen molar-refractivity contribution in [1.82, 2.24) is 4.98 Å². The summed E-state index contributed by atoms with van der Waals surface area (Å²) in [5, 5.41) is 0. The Hall–Kier alpha value is -2.20. The van der Waals surface area contributed by atoms with Gasteiger partial charge < -0.3 is 4.84 Å². The molecule has 0 fully saturated rings. The molecule has 0 saturated heterocycles. The van der Waals surface area contributed by atoms with Gasteiger partial charge in [0.1, 0.15) is 0 Å². The van der Waals surface area contributed by atoms with Gasteiger partial charge in [-0.3, -0.25) is 4.98 Å². The first-order chi connectivity index (χ1) is 7.83. The zero-order valence-corrected chi connectivity index (χ0v) is 8.46. The van der Waals surface area contributed by atoms with Gasteiger partial charge >= 0.3 is 5.97 Å². The van der Waals surface area contributed by atoms with Gasteiger partial charge in [-0.05, 0) is 29.3 Å². The van der Waals surface area contributed by atoms with E-state index in [4.69, 9.17) is 5.90 Å². The zero-order valence-electron chi connectivity index (χ0n) is 8.46. The number of benzene rings is 1. The molecule has 80 valence electrons. The number of pyridine rings is 1. The average Bonchev–Trinajstić information content (AvgIpc) is 2.39. The standard InChI is InChI=1S/C12H10N2O2/c13-16-12(15)11-4-2-1-3-10(11)9-5-7-14-8-6-9/h1-8H,13H2. The highest BCUT2D eigenvalue weighted by atomic mass is 16.7. The van der Waals surface area contributed by atoms with E-state index in [2.05, 4.69) is 9.82 Å². The van der Waals surface area contributed by atoms with Crippen LogP contribution in [0, 0.1) is 0 Å². The lowest BCUT2D eigenvalue weighted by atomic mass is 10.0. The molecule has 1 heterocycles. The SMILES string of the molecule is NOC(=O)c1ccccc1-c1ccncc1. The number of hydrogen-bond donors (Lipinski definition) is 1.